The van der Waals surface area contributed by atoms with Crippen molar-refractivity contribution >= 4 is 23.2 Å². The van der Waals surface area contributed by atoms with Crippen molar-refractivity contribution in [3.63, 3.8) is 0 Å². The third kappa shape index (κ3) is 2.70. The van der Waals surface area contributed by atoms with Gasteiger partial charge in [0.05, 0.1) is 10.6 Å². The highest BCUT2D eigenvalue weighted by molar-refractivity contribution is 6.31. The van der Waals surface area contributed by atoms with Gasteiger partial charge in [0.2, 0.25) is 5.82 Å². The number of phenolic OH excluding ortho intramolecular Hbond substituents is 1. The number of hydrogen-bond acceptors (Lipinski definition) is 4. The summed E-state index contributed by atoms with van der Waals surface area (Å²) in [7, 11) is 0. The van der Waals surface area contributed by atoms with Crippen LogP contribution in [0.25, 0.3) is 22.8 Å². The van der Waals surface area contributed by atoms with Crippen LogP contribution in [0.3, 0.4) is 0 Å². The maximum Gasteiger partial charge on any atom is 0.262 e. The number of aromatic hydroxyl groups is 1. The van der Waals surface area contributed by atoms with E-state index >= 15 is 0 Å². The average Bonchev–Trinajstić information content (AvgIpc) is 2.94. The van der Waals surface area contributed by atoms with E-state index in [9.17, 15) is 9.50 Å². The van der Waals surface area contributed by atoms with Crippen molar-refractivity contribution in [2.24, 2.45) is 0 Å². The molecule has 3 aromatic rings. The summed E-state index contributed by atoms with van der Waals surface area (Å²) in [5.74, 6) is -0.236. The first-order chi connectivity index (χ1) is 10.0. The summed E-state index contributed by atoms with van der Waals surface area (Å²) >= 11 is 11.6. The summed E-state index contributed by atoms with van der Waals surface area (Å²) in [5.41, 5.74) is 0.812. The minimum atomic E-state index is -0.531. The van der Waals surface area contributed by atoms with Gasteiger partial charge in [0, 0.05) is 10.6 Å². The zero-order valence-electron chi connectivity index (χ0n) is 10.3. The van der Waals surface area contributed by atoms with E-state index in [1.54, 1.807) is 0 Å². The van der Waals surface area contributed by atoms with Crippen LogP contribution in [0.2, 0.25) is 10.0 Å². The van der Waals surface area contributed by atoms with Crippen molar-refractivity contribution in [3.05, 3.63) is 52.3 Å². The average molecular weight is 325 g/mol. The van der Waals surface area contributed by atoms with Gasteiger partial charge in [-0.3, -0.25) is 0 Å². The molecule has 0 radical (unpaired) electrons. The smallest absolute Gasteiger partial charge is 0.262 e. The van der Waals surface area contributed by atoms with Gasteiger partial charge >= 0.3 is 0 Å². The SMILES string of the molecule is Oc1ccc(Cl)cc1-c1nc(-c2ccc(F)c(Cl)c2)no1. The van der Waals surface area contributed by atoms with E-state index in [0.29, 0.717) is 16.1 Å². The lowest BCUT2D eigenvalue weighted by atomic mass is 10.2. The fourth-order valence-corrected chi connectivity index (χ4v) is 2.12. The highest BCUT2D eigenvalue weighted by atomic mass is 35.5. The van der Waals surface area contributed by atoms with Gasteiger partial charge in [-0.05, 0) is 36.4 Å². The molecule has 4 nitrogen and oxygen atoms in total. The largest absolute Gasteiger partial charge is 0.507 e. The Bertz CT molecular complexity index is 820. The van der Waals surface area contributed by atoms with Crippen LogP contribution in [-0.4, -0.2) is 15.2 Å². The Labute approximate surface area is 128 Å². The van der Waals surface area contributed by atoms with Crippen LogP contribution in [0, 0.1) is 5.82 Å². The second-order valence-electron chi connectivity index (χ2n) is 4.21. The third-order valence-corrected chi connectivity index (χ3v) is 3.32. The number of aromatic nitrogens is 2. The molecule has 106 valence electrons. The summed E-state index contributed by atoms with van der Waals surface area (Å²) in [6.45, 7) is 0. The van der Waals surface area contributed by atoms with Gasteiger partial charge in [0.15, 0.2) is 0 Å². The van der Waals surface area contributed by atoms with Crippen LogP contribution in [0.1, 0.15) is 0 Å². The van der Waals surface area contributed by atoms with E-state index in [4.69, 9.17) is 27.7 Å². The van der Waals surface area contributed by atoms with E-state index in [0.717, 1.165) is 0 Å². The Kier molecular flexibility index (Phi) is 3.53. The van der Waals surface area contributed by atoms with E-state index in [1.165, 1.54) is 36.4 Å². The standard InChI is InChI=1S/C14H7Cl2FN2O2/c15-8-2-4-12(20)9(6-8)14-18-13(19-21-14)7-1-3-11(17)10(16)5-7/h1-6,20H. The summed E-state index contributed by atoms with van der Waals surface area (Å²) in [4.78, 5) is 4.15. The van der Waals surface area contributed by atoms with Crippen LogP contribution < -0.4 is 0 Å². The van der Waals surface area contributed by atoms with Crippen LogP contribution >= 0.6 is 23.2 Å². The van der Waals surface area contributed by atoms with Gasteiger partial charge < -0.3 is 9.63 Å². The molecule has 3 rings (SSSR count). The minimum absolute atomic E-state index is 0.0354. The molecule has 0 saturated heterocycles. The zero-order valence-corrected chi connectivity index (χ0v) is 11.9. The molecule has 0 fully saturated rings. The molecule has 1 N–H and O–H groups in total. The third-order valence-electron chi connectivity index (χ3n) is 2.79. The summed E-state index contributed by atoms with van der Waals surface area (Å²) in [5, 5.41) is 14.0. The zero-order chi connectivity index (χ0) is 15.0. The van der Waals surface area contributed by atoms with Crippen molar-refractivity contribution < 1.29 is 14.0 Å². The summed E-state index contributed by atoms with van der Waals surface area (Å²) in [6.07, 6.45) is 0. The Hall–Kier alpha value is -2.11. The molecule has 1 heterocycles. The molecular weight excluding hydrogens is 318 g/mol. The van der Waals surface area contributed by atoms with Crippen molar-refractivity contribution in [1.82, 2.24) is 10.1 Å². The van der Waals surface area contributed by atoms with Crippen LogP contribution in [-0.2, 0) is 0 Å². The van der Waals surface area contributed by atoms with E-state index in [2.05, 4.69) is 10.1 Å². The first-order valence-corrected chi connectivity index (χ1v) is 6.58. The molecule has 7 heteroatoms. The van der Waals surface area contributed by atoms with E-state index < -0.39 is 5.82 Å². The predicted octanol–water partition coefficient (Wildman–Crippen LogP) is 4.56. The molecule has 0 amide bonds. The normalized spacial score (nSPS) is 10.8. The molecule has 21 heavy (non-hydrogen) atoms. The van der Waals surface area contributed by atoms with Gasteiger partial charge in [0.1, 0.15) is 11.6 Å². The topological polar surface area (TPSA) is 59.2 Å². The van der Waals surface area contributed by atoms with Gasteiger partial charge in [-0.1, -0.05) is 28.4 Å². The first kappa shape index (κ1) is 13.9. The highest BCUT2D eigenvalue weighted by Crippen LogP contribution is 2.32. The fraction of sp³-hybridized carbons (Fsp3) is 0. The summed E-state index contributed by atoms with van der Waals surface area (Å²) in [6, 6.07) is 8.56. The Morgan fingerprint density at radius 2 is 1.90 bits per heavy atom. The number of halogens is 3. The number of hydrogen-bond donors (Lipinski definition) is 1. The number of benzene rings is 2. The Balaban J connectivity index is 2.03. The molecule has 0 aliphatic carbocycles. The van der Waals surface area contributed by atoms with Crippen LogP contribution in [0.5, 0.6) is 5.75 Å². The molecule has 2 aromatic carbocycles. The number of phenols is 1. The van der Waals surface area contributed by atoms with Gasteiger partial charge in [-0.15, -0.1) is 0 Å². The molecule has 0 atom stereocenters. The Morgan fingerprint density at radius 3 is 2.67 bits per heavy atom. The highest BCUT2D eigenvalue weighted by Gasteiger charge is 2.15. The molecular formula is C14H7Cl2FN2O2. The van der Waals surface area contributed by atoms with Crippen LogP contribution in [0.4, 0.5) is 4.39 Å². The molecule has 0 aliphatic rings. The maximum atomic E-state index is 13.1. The molecule has 0 spiro atoms. The lowest BCUT2D eigenvalue weighted by molar-refractivity contribution is 0.425. The number of nitrogens with zero attached hydrogens (tertiary/aromatic N) is 2. The van der Waals surface area contributed by atoms with Crippen molar-refractivity contribution in [3.8, 4) is 28.6 Å². The molecule has 0 bridgehead atoms. The first-order valence-electron chi connectivity index (χ1n) is 5.82. The molecule has 0 saturated carbocycles. The second kappa shape index (κ2) is 5.35. The van der Waals surface area contributed by atoms with Crippen molar-refractivity contribution in [1.29, 1.82) is 0 Å². The summed E-state index contributed by atoms with van der Waals surface area (Å²) < 4.78 is 18.2. The maximum absolute atomic E-state index is 13.1. The molecule has 0 aliphatic heterocycles. The predicted molar refractivity (Wildman–Crippen MR) is 76.8 cm³/mol. The van der Waals surface area contributed by atoms with Crippen molar-refractivity contribution in [2.45, 2.75) is 0 Å². The monoisotopic (exact) mass is 324 g/mol. The second-order valence-corrected chi connectivity index (χ2v) is 5.06. The van der Waals surface area contributed by atoms with Gasteiger partial charge in [0.25, 0.3) is 5.89 Å². The quantitative estimate of drug-likeness (QED) is 0.751. The number of rotatable bonds is 2. The minimum Gasteiger partial charge on any atom is -0.507 e. The fourth-order valence-electron chi connectivity index (χ4n) is 1.76. The van der Waals surface area contributed by atoms with Gasteiger partial charge in [-0.25, -0.2) is 4.39 Å². The Morgan fingerprint density at radius 1 is 1.10 bits per heavy atom. The molecule has 1 aromatic heterocycles. The van der Waals surface area contributed by atoms with Crippen molar-refractivity contribution in [2.75, 3.05) is 0 Å². The lowest BCUT2D eigenvalue weighted by Crippen LogP contribution is -1.84. The van der Waals surface area contributed by atoms with Gasteiger partial charge in [-0.2, -0.15) is 4.98 Å². The van der Waals surface area contributed by atoms with Crippen LogP contribution in [0.15, 0.2) is 40.9 Å². The lowest BCUT2D eigenvalue weighted by Gasteiger charge is -1.99. The van der Waals surface area contributed by atoms with E-state index in [1.807, 2.05) is 0 Å². The van der Waals surface area contributed by atoms with E-state index in [-0.39, 0.29) is 22.5 Å². The molecule has 0 unspecified atom stereocenters.